The largest absolute Gasteiger partial charge is 0.326 e. The van der Waals surface area contributed by atoms with Gasteiger partial charge in [-0.3, -0.25) is 4.79 Å². The van der Waals surface area contributed by atoms with E-state index >= 15 is 0 Å². The highest BCUT2D eigenvalue weighted by atomic mass is 35.5. The molecular formula is C12H17ClN2O. The molecule has 0 aliphatic rings. The van der Waals surface area contributed by atoms with Gasteiger partial charge < -0.3 is 11.1 Å². The second kappa shape index (κ2) is 7.04. The van der Waals surface area contributed by atoms with Gasteiger partial charge in [-0.2, -0.15) is 0 Å². The summed E-state index contributed by atoms with van der Waals surface area (Å²) < 4.78 is 0. The highest BCUT2D eigenvalue weighted by molar-refractivity contribution is 5.88. The van der Waals surface area contributed by atoms with Crippen molar-refractivity contribution >= 4 is 24.0 Å². The van der Waals surface area contributed by atoms with Crippen LogP contribution >= 0.6 is 12.4 Å². The van der Waals surface area contributed by atoms with E-state index in [2.05, 4.69) is 11.9 Å². The average Bonchev–Trinajstić information content (AvgIpc) is 2.18. The number of amides is 1. The first kappa shape index (κ1) is 14.7. The topological polar surface area (TPSA) is 55.1 Å². The molecule has 0 aliphatic heterocycles. The van der Waals surface area contributed by atoms with Crippen molar-refractivity contribution in [2.24, 2.45) is 5.73 Å². The fourth-order valence-electron chi connectivity index (χ4n) is 1.33. The van der Waals surface area contributed by atoms with Gasteiger partial charge >= 0.3 is 0 Å². The fourth-order valence-corrected chi connectivity index (χ4v) is 1.33. The first-order valence-electron chi connectivity index (χ1n) is 4.87. The monoisotopic (exact) mass is 240 g/mol. The van der Waals surface area contributed by atoms with E-state index in [1.807, 2.05) is 24.3 Å². The zero-order valence-electron chi connectivity index (χ0n) is 9.27. The summed E-state index contributed by atoms with van der Waals surface area (Å²) in [5, 5.41) is 2.70. The molecule has 0 unspecified atom stereocenters. The summed E-state index contributed by atoms with van der Waals surface area (Å²) in [5.74, 6) is -0.0712. The first-order chi connectivity index (χ1) is 7.13. The van der Waals surface area contributed by atoms with Crippen molar-refractivity contribution in [1.29, 1.82) is 0 Å². The van der Waals surface area contributed by atoms with Crippen molar-refractivity contribution in [3.05, 3.63) is 42.5 Å². The van der Waals surface area contributed by atoms with E-state index in [9.17, 15) is 4.79 Å². The summed E-state index contributed by atoms with van der Waals surface area (Å²) in [7, 11) is 0. The smallest absolute Gasteiger partial charge is 0.221 e. The Bertz CT molecular complexity index is 349. The highest BCUT2D eigenvalue weighted by Gasteiger charge is 2.03. The Morgan fingerprint density at radius 3 is 2.50 bits per heavy atom. The molecule has 0 bridgehead atoms. The maximum atomic E-state index is 10.8. The van der Waals surface area contributed by atoms with E-state index in [1.165, 1.54) is 6.92 Å². The van der Waals surface area contributed by atoms with Crippen LogP contribution in [0.3, 0.4) is 0 Å². The molecular weight excluding hydrogens is 224 g/mol. The van der Waals surface area contributed by atoms with Crippen LogP contribution in [0.5, 0.6) is 0 Å². The minimum Gasteiger partial charge on any atom is -0.326 e. The lowest BCUT2D eigenvalue weighted by Gasteiger charge is -2.10. The van der Waals surface area contributed by atoms with Crippen LogP contribution in [0.1, 0.15) is 24.9 Å². The Balaban J connectivity index is 0.00000225. The lowest BCUT2D eigenvalue weighted by molar-refractivity contribution is -0.114. The molecule has 0 saturated carbocycles. The Morgan fingerprint density at radius 2 is 2.06 bits per heavy atom. The molecule has 0 aliphatic carbocycles. The zero-order valence-corrected chi connectivity index (χ0v) is 10.1. The van der Waals surface area contributed by atoms with E-state index in [1.54, 1.807) is 6.08 Å². The molecule has 1 aromatic rings. The van der Waals surface area contributed by atoms with Crippen LogP contribution in [0.4, 0.5) is 5.69 Å². The Morgan fingerprint density at radius 1 is 1.50 bits per heavy atom. The van der Waals surface area contributed by atoms with Crippen LogP contribution in [0.15, 0.2) is 36.9 Å². The predicted molar refractivity (Wildman–Crippen MR) is 69.7 cm³/mol. The third-order valence-electron chi connectivity index (χ3n) is 2.08. The quantitative estimate of drug-likeness (QED) is 0.795. The summed E-state index contributed by atoms with van der Waals surface area (Å²) in [5.41, 5.74) is 7.73. The standard InChI is InChI=1S/C12H16N2O.ClH/c1-3-4-12(13)10-5-7-11(8-6-10)14-9(2)15;/h3,5-8,12H,1,4,13H2,2H3,(H,14,15);1H/t12-;/m1./s1. The molecule has 4 heteroatoms. The fraction of sp³-hybridized carbons (Fsp3) is 0.250. The Labute approximate surface area is 102 Å². The number of rotatable bonds is 4. The average molecular weight is 241 g/mol. The zero-order chi connectivity index (χ0) is 11.3. The number of nitrogens with one attached hydrogen (secondary N) is 1. The summed E-state index contributed by atoms with van der Waals surface area (Å²) >= 11 is 0. The van der Waals surface area contributed by atoms with Crippen molar-refractivity contribution in [3.8, 4) is 0 Å². The van der Waals surface area contributed by atoms with Crippen molar-refractivity contribution in [2.45, 2.75) is 19.4 Å². The van der Waals surface area contributed by atoms with Crippen molar-refractivity contribution in [3.63, 3.8) is 0 Å². The van der Waals surface area contributed by atoms with Gasteiger partial charge in [-0.05, 0) is 24.1 Å². The minimum atomic E-state index is -0.0712. The normalized spacial score (nSPS) is 11.1. The maximum Gasteiger partial charge on any atom is 0.221 e. The molecule has 1 atom stereocenters. The molecule has 0 spiro atoms. The number of anilines is 1. The van der Waals surface area contributed by atoms with Gasteiger partial charge in [0.05, 0.1) is 0 Å². The first-order valence-corrected chi connectivity index (χ1v) is 4.87. The van der Waals surface area contributed by atoms with Crippen molar-refractivity contribution in [2.75, 3.05) is 5.32 Å². The Kier molecular flexibility index (Phi) is 6.46. The summed E-state index contributed by atoms with van der Waals surface area (Å²) in [4.78, 5) is 10.8. The molecule has 1 amide bonds. The van der Waals surface area contributed by atoms with Gasteiger partial charge in [0.2, 0.25) is 5.91 Å². The van der Waals surface area contributed by atoms with Gasteiger partial charge in [-0.1, -0.05) is 18.2 Å². The van der Waals surface area contributed by atoms with Crippen molar-refractivity contribution in [1.82, 2.24) is 0 Å². The molecule has 88 valence electrons. The lowest BCUT2D eigenvalue weighted by atomic mass is 10.0. The molecule has 3 nitrogen and oxygen atoms in total. The molecule has 0 radical (unpaired) electrons. The van der Waals surface area contributed by atoms with Crippen LogP contribution in [-0.2, 0) is 4.79 Å². The van der Waals surface area contributed by atoms with Gasteiger partial charge in [-0.15, -0.1) is 19.0 Å². The van der Waals surface area contributed by atoms with E-state index in [0.717, 1.165) is 17.7 Å². The number of nitrogens with two attached hydrogens (primary N) is 1. The van der Waals surface area contributed by atoms with E-state index < -0.39 is 0 Å². The second-order valence-electron chi connectivity index (χ2n) is 3.43. The van der Waals surface area contributed by atoms with E-state index in [4.69, 9.17) is 5.73 Å². The number of hydrogen-bond acceptors (Lipinski definition) is 2. The molecule has 0 saturated heterocycles. The third kappa shape index (κ3) is 4.47. The van der Waals surface area contributed by atoms with E-state index in [0.29, 0.717) is 0 Å². The third-order valence-corrected chi connectivity index (χ3v) is 2.08. The molecule has 3 N–H and O–H groups in total. The molecule has 16 heavy (non-hydrogen) atoms. The number of halogens is 1. The van der Waals surface area contributed by atoms with Crippen LogP contribution < -0.4 is 11.1 Å². The minimum absolute atomic E-state index is 0. The number of carbonyl (C=O) groups is 1. The number of carbonyl (C=O) groups excluding carboxylic acids is 1. The summed E-state index contributed by atoms with van der Waals surface area (Å²) in [6.45, 7) is 5.13. The Hall–Kier alpha value is -1.32. The van der Waals surface area contributed by atoms with Crippen LogP contribution in [-0.4, -0.2) is 5.91 Å². The van der Waals surface area contributed by atoms with Gasteiger partial charge in [0.25, 0.3) is 0 Å². The number of hydrogen-bond donors (Lipinski definition) is 2. The maximum absolute atomic E-state index is 10.8. The van der Waals surface area contributed by atoms with Crippen LogP contribution in [0, 0.1) is 0 Å². The highest BCUT2D eigenvalue weighted by Crippen LogP contribution is 2.17. The number of benzene rings is 1. The van der Waals surface area contributed by atoms with Gasteiger partial charge in [0, 0.05) is 18.7 Å². The molecule has 0 aromatic heterocycles. The van der Waals surface area contributed by atoms with Crippen LogP contribution in [0.2, 0.25) is 0 Å². The molecule has 0 fully saturated rings. The summed E-state index contributed by atoms with van der Waals surface area (Å²) in [6.07, 6.45) is 2.55. The predicted octanol–water partition coefficient (Wildman–Crippen LogP) is 2.64. The SMILES string of the molecule is C=CC[C@@H](N)c1ccc(NC(C)=O)cc1.Cl. The molecule has 1 rings (SSSR count). The molecule has 0 heterocycles. The van der Waals surface area contributed by atoms with Gasteiger partial charge in [-0.25, -0.2) is 0 Å². The lowest BCUT2D eigenvalue weighted by Crippen LogP contribution is -2.09. The van der Waals surface area contributed by atoms with Gasteiger partial charge in [0.15, 0.2) is 0 Å². The second-order valence-corrected chi connectivity index (χ2v) is 3.43. The summed E-state index contributed by atoms with van der Waals surface area (Å²) in [6, 6.07) is 7.51. The van der Waals surface area contributed by atoms with Gasteiger partial charge in [0.1, 0.15) is 0 Å². The van der Waals surface area contributed by atoms with Crippen molar-refractivity contribution < 1.29 is 4.79 Å². The van der Waals surface area contributed by atoms with Crippen LogP contribution in [0.25, 0.3) is 0 Å². The molecule has 1 aromatic carbocycles. The van der Waals surface area contributed by atoms with E-state index in [-0.39, 0.29) is 24.4 Å².